The third-order valence-electron chi connectivity index (χ3n) is 5.22. The number of halogens is 3. The first-order valence-corrected chi connectivity index (χ1v) is 10.6. The number of alkyl halides is 2. The minimum absolute atomic E-state index is 0.0151. The Morgan fingerprint density at radius 1 is 1.29 bits per heavy atom. The third kappa shape index (κ3) is 6.12. The number of nitrogens with zero attached hydrogens (tertiary/aromatic N) is 1. The number of aliphatic hydroxyl groups excluding tert-OH is 1. The Kier molecular flexibility index (Phi) is 8.24. The molecule has 0 saturated carbocycles. The van der Waals surface area contributed by atoms with Crippen molar-refractivity contribution in [2.75, 3.05) is 13.7 Å². The number of benzene rings is 2. The van der Waals surface area contributed by atoms with Crippen LogP contribution in [0, 0.1) is 0 Å². The Labute approximate surface area is 199 Å². The molecule has 2 unspecified atom stereocenters. The number of hydrogen-bond acceptors (Lipinski definition) is 5. The SMILES string of the molecule is CO/[NH+]=C(\N)c1ccc(CNC(=O)C2CCN2C(=O)C(O)c2cc(Cl)cc(OC(F)F)c2)cc1. The predicted octanol–water partition coefficient (Wildman–Crippen LogP) is 0.239. The van der Waals surface area contributed by atoms with E-state index in [0.717, 1.165) is 17.7 Å². The number of nitrogens with one attached hydrogen (secondary N) is 2. The molecule has 182 valence electrons. The lowest BCUT2D eigenvalue weighted by Crippen LogP contribution is -2.73. The summed E-state index contributed by atoms with van der Waals surface area (Å²) in [5.74, 6) is -1.06. The van der Waals surface area contributed by atoms with Gasteiger partial charge in [0.05, 0.1) is 5.56 Å². The van der Waals surface area contributed by atoms with E-state index in [1.165, 1.54) is 18.1 Å². The van der Waals surface area contributed by atoms with E-state index in [1.807, 2.05) is 0 Å². The number of amidine groups is 1. The molecule has 3 rings (SSSR count). The van der Waals surface area contributed by atoms with Crippen LogP contribution in [0.25, 0.3) is 0 Å². The monoisotopic (exact) mass is 497 g/mol. The highest BCUT2D eigenvalue weighted by atomic mass is 35.5. The summed E-state index contributed by atoms with van der Waals surface area (Å²) in [4.78, 5) is 31.3. The standard InChI is InChI=1S/C22H23ClF2N4O5/c1-33-28-19(26)13-4-2-12(3-5-13)11-27-20(31)17-6-7-29(17)21(32)18(30)14-8-15(23)10-16(9-14)34-22(24)25/h2-5,8-10,17-18,22,30H,6-7,11H2,1H3,(H2,26,28)(H,27,31)/p+1. The number of amides is 2. The molecule has 1 heterocycles. The molecule has 9 nitrogen and oxygen atoms in total. The Morgan fingerprint density at radius 2 is 2.00 bits per heavy atom. The largest absolute Gasteiger partial charge is 0.435 e. The topological polar surface area (TPSA) is 128 Å². The van der Waals surface area contributed by atoms with Gasteiger partial charge in [0.1, 0.15) is 18.9 Å². The zero-order valence-electron chi connectivity index (χ0n) is 18.1. The van der Waals surface area contributed by atoms with Gasteiger partial charge in [-0.2, -0.15) is 8.78 Å². The van der Waals surface area contributed by atoms with Gasteiger partial charge < -0.3 is 24.9 Å². The third-order valence-corrected chi connectivity index (χ3v) is 5.44. The molecule has 2 aromatic rings. The second-order valence-corrected chi connectivity index (χ2v) is 7.91. The smallest absolute Gasteiger partial charge is 0.387 e. The van der Waals surface area contributed by atoms with Crippen LogP contribution in [-0.4, -0.2) is 54.0 Å². The molecule has 12 heteroatoms. The molecule has 0 bridgehead atoms. The van der Waals surface area contributed by atoms with Gasteiger partial charge in [-0.3, -0.25) is 15.3 Å². The number of ether oxygens (including phenoxy) is 1. The molecule has 1 aliphatic rings. The van der Waals surface area contributed by atoms with Crippen LogP contribution in [0.5, 0.6) is 5.75 Å². The second kappa shape index (κ2) is 11.1. The molecular weight excluding hydrogens is 474 g/mol. The molecule has 34 heavy (non-hydrogen) atoms. The lowest BCUT2D eigenvalue weighted by molar-refractivity contribution is -0.744. The molecule has 2 aromatic carbocycles. The van der Waals surface area contributed by atoms with Crippen LogP contribution in [0.2, 0.25) is 5.02 Å². The van der Waals surface area contributed by atoms with Crippen LogP contribution in [0.4, 0.5) is 8.78 Å². The van der Waals surface area contributed by atoms with Crippen molar-refractivity contribution in [1.29, 1.82) is 0 Å². The lowest BCUT2D eigenvalue weighted by atomic mass is 9.98. The quantitative estimate of drug-likeness (QED) is 0.223. The van der Waals surface area contributed by atoms with Gasteiger partial charge in [-0.15, -0.1) is 0 Å². The van der Waals surface area contributed by atoms with E-state index < -0.39 is 24.7 Å². The average Bonchev–Trinajstić information content (AvgIpc) is 2.76. The first kappa shape index (κ1) is 25.2. The van der Waals surface area contributed by atoms with Gasteiger partial charge >= 0.3 is 12.4 Å². The van der Waals surface area contributed by atoms with Gasteiger partial charge in [0.15, 0.2) is 6.10 Å². The van der Waals surface area contributed by atoms with E-state index in [4.69, 9.17) is 22.2 Å². The first-order valence-electron chi connectivity index (χ1n) is 10.2. The van der Waals surface area contributed by atoms with E-state index >= 15 is 0 Å². The molecular formula is C22H24ClF2N4O5+. The van der Waals surface area contributed by atoms with Gasteiger partial charge in [0.25, 0.3) is 5.91 Å². The van der Waals surface area contributed by atoms with Crippen LogP contribution < -0.4 is 20.9 Å². The molecule has 0 radical (unpaired) electrons. The molecule has 1 aliphatic heterocycles. The number of carbonyl (C=O) groups is 2. The lowest BCUT2D eigenvalue weighted by Gasteiger charge is -2.40. The maximum absolute atomic E-state index is 12.7. The number of nitrogen functional groups attached to an aromatic ring is 1. The molecule has 5 N–H and O–H groups in total. The van der Waals surface area contributed by atoms with E-state index in [-0.39, 0.29) is 35.3 Å². The Morgan fingerprint density at radius 3 is 2.59 bits per heavy atom. The average molecular weight is 498 g/mol. The summed E-state index contributed by atoms with van der Waals surface area (Å²) in [6.07, 6.45) is -1.27. The normalized spacial score (nSPS) is 16.6. The van der Waals surface area contributed by atoms with Crippen LogP contribution in [0.1, 0.15) is 29.2 Å². The number of aliphatic hydroxyl groups is 1. The molecule has 1 saturated heterocycles. The summed E-state index contributed by atoms with van der Waals surface area (Å²) in [7, 11) is 1.44. The van der Waals surface area contributed by atoms with Gasteiger partial charge in [-0.05, 0) is 47.9 Å². The summed E-state index contributed by atoms with van der Waals surface area (Å²) < 4.78 is 29.3. The number of likely N-dealkylation sites (tertiary alicyclic amines) is 1. The summed E-state index contributed by atoms with van der Waals surface area (Å²) >= 11 is 5.89. The van der Waals surface area contributed by atoms with Gasteiger partial charge in [-0.25, -0.2) is 0 Å². The van der Waals surface area contributed by atoms with E-state index in [2.05, 4.69) is 15.2 Å². The predicted molar refractivity (Wildman–Crippen MR) is 118 cm³/mol. The Bertz CT molecular complexity index is 1070. The highest BCUT2D eigenvalue weighted by molar-refractivity contribution is 6.30. The minimum Gasteiger partial charge on any atom is -0.435 e. The van der Waals surface area contributed by atoms with Crippen molar-refractivity contribution in [2.24, 2.45) is 5.73 Å². The fraction of sp³-hybridized carbons (Fsp3) is 0.318. The molecule has 0 aliphatic carbocycles. The summed E-state index contributed by atoms with van der Waals surface area (Å²) in [6, 6.07) is 9.84. The van der Waals surface area contributed by atoms with Crippen LogP contribution in [0.15, 0.2) is 42.5 Å². The highest BCUT2D eigenvalue weighted by Gasteiger charge is 2.40. The van der Waals surface area contributed by atoms with Crippen molar-refractivity contribution < 1.29 is 38.2 Å². The number of nitrogens with two attached hydrogens (primary N) is 1. The Balaban J connectivity index is 1.59. The van der Waals surface area contributed by atoms with Crippen molar-refractivity contribution in [1.82, 2.24) is 10.2 Å². The van der Waals surface area contributed by atoms with Crippen LogP contribution in [0.3, 0.4) is 0 Å². The molecule has 2 amide bonds. The summed E-state index contributed by atoms with van der Waals surface area (Å²) in [5, 5.41) is 15.8. The highest BCUT2D eigenvalue weighted by Crippen LogP contribution is 2.29. The summed E-state index contributed by atoms with van der Waals surface area (Å²) in [5.41, 5.74) is 7.30. The van der Waals surface area contributed by atoms with E-state index in [9.17, 15) is 23.5 Å². The molecule has 0 aromatic heterocycles. The molecule has 1 fully saturated rings. The van der Waals surface area contributed by atoms with Gasteiger partial charge in [-0.1, -0.05) is 28.9 Å². The number of carbonyl (C=O) groups excluding carboxylic acids is 2. The van der Waals surface area contributed by atoms with E-state index in [0.29, 0.717) is 17.8 Å². The second-order valence-electron chi connectivity index (χ2n) is 7.47. The van der Waals surface area contributed by atoms with Gasteiger partial charge in [0, 0.05) is 18.1 Å². The van der Waals surface area contributed by atoms with Crippen molar-refractivity contribution >= 4 is 29.3 Å². The Hall–Kier alpha value is -3.44. The van der Waals surface area contributed by atoms with Crippen LogP contribution in [-0.2, 0) is 21.0 Å². The zero-order valence-corrected chi connectivity index (χ0v) is 18.9. The fourth-order valence-electron chi connectivity index (χ4n) is 3.41. The first-order chi connectivity index (χ1) is 16.2. The molecule has 0 spiro atoms. The fourth-order valence-corrected chi connectivity index (χ4v) is 3.65. The maximum atomic E-state index is 12.7. The summed E-state index contributed by atoms with van der Waals surface area (Å²) in [6.45, 7) is -2.59. The minimum atomic E-state index is -3.09. The van der Waals surface area contributed by atoms with E-state index in [1.54, 1.807) is 24.3 Å². The van der Waals surface area contributed by atoms with Crippen LogP contribution >= 0.6 is 11.6 Å². The number of rotatable bonds is 9. The van der Waals surface area contributed by atoms with Crippen molar-refractivity contribution in [2.45, 2.75) is 31.7 Å². The maximum Gasteiger partial charge on any atom is 0.387 e. The zero-order chi connectivity index (χ0) is 24.8. The number of hydrogen-bond donors (Lipinski definition) is 4. The van der Waals surface area contributed by atoms with Crippen molar-refractivity contribution in [3.05, 3.63) is 64.2 Å². The van der Waals surface area contributed by atoms with Crippen molar-refractivity contribution in [3.63, 3.8) is 0 Å². The molecule has 2 atom stereocenters. The van der Waals surface area contributed by atoms with Gasteiger partial charge in [0.2, 0.25) is 5.91 Å². The van der Waals surface area contributed by atoms with Crippen molar-refractivity contribution in [3.8, 4) is 5.75 Å².